The zero-order valence-electron chi connectivity index (χ0n) is 19.7. The summed E-state index contributed by atoms with van der Waals surface area (Å²) in [4.78, 5) is 27.4. The lowest BCUT2D eigenvalue weighted by Crippen LogP contribution is -2.32. The second-order valence-corrected chi connectivity index (χ2v) is 8.42. The van der Waals surface area contributed by atoms with Gasteiger partial charge >= 0.3 is 0 Å². The minimum absolute atomic E-state index is 0.0172. The Morgan fingerprint density at radius 3 is 2.21 bits per heavy atom. The van der Waals surface area contributed by atoms with Crippen LogP contribution in [0, 0.1) is 0 Å². The van der Waals surface area contributed by atoms with Crippen molar-refractivity contribution < 1.29 is 28.9 Å². The molecule has 0 radical (unpaired) electrons. The van der Waals surface area contributed by atoms with Crippen LogP contribution in [-0.4, -0.2) is 54.2 Å². The van der Waals surface area contributed by atoms with Crippen LogP contribution in [0.25, 0.3) is 5.76 Å². The van der Waals surface area contributed by atoms with E-state index < -0.39 is 17.7 Å². The van der Waals surface area contributed by atoms with Crippen molar-refractivity contribution >= 4 is 17.4 Å². The minimum atomic E-state index is -0.747. The first-order chi connectivity index (χ1) is 15.7. The monoisotopic (exact) mass is 453 g/mol. The highest BCUT2D eigenvalue weighted by Gasteiger charge is 2.45. The molecule has 1 amide bonds. The Balaban J connectivity index is 2.08. The standard InChI is InChI=1S/C26H31NO6/c1-16(2)32-20-11-9-18(10-12-20)23-22(25(29)26(30)27(23)13-14-31-5)24(28)19-7-6-8-21(15-19)33-17(3)4/h6-12,15-17,23,28H,13-14H2,1-5H3/b24-22-. The van der Waals surface area contributed by atoms with E-state index in [1.165, 1.54) is 12.0 Å². The maximum absolute atomic E-state index is 13.0. The second kappa shape index (κ2) is 10.5. The fraction of sp³-hybridized carbons (Fsp3) is 0.385. The molecule has 1 atom stereocenters. The number of Topliss-reactive ketones (excluding diaryl/α,β-unsaturated/α-hetero) is 1. The van der Waals surface area contributed by atoms with E-state index in [1.807, 2.05) is 27.7 Å². The van der Waals surface area contributed by atoms with Gasteiger partial charge in [-0.05, 0) is 57.5 Å². The maximum Gasteiger partial charge on any atom is 0.295 e. The molecule has 1 heterocycles. The normalized spacial score (nSPS) is 17.8. The van der Waals surface area contributed by atoms with Crippen molar-refractivity contribution in [2.24, 2.45) is 0 Å². The summed E-state index contributed by atoms with van der Waals surface area (Å²) >= 11 is 0. The van der Waals surface area contributed by atoms with E-state index in [-0.39, 0.29) is 36.7 Å². The Morgan fingerprint density at radius 2 is 1.61 bits per heavy atom. The Hall–Kier alpha value is -3.32. The van der Waals surface area contributed by atoms with Crippen molar-refractivity contribution in [1.29, 1.82) is 0 Å². The number of likely N-dealkylation sites (tertiary alicyclic amines) is 1. The summed E-state index contributed by atoms with van der Waals surface area (Å²) in [5.41, 5.74) is 1.13. The highest BCUT2D eigenvalue weighted by atomic mass is 16.5. The van der Waals surface area contributed by atoms with Crippen LogP contribution >= 0.6 is 0 Å². The molecule has 0 aliphatic carbocycles. The van der Waals surface area contributed by atoms with Crippen LogP contribution in [0.4, 0.5) is 0 Å². The number of carbonyl (C=O) groups is 2. The number of ether oxygens (including phenoxy) is 3. The summed E-state index contributed by atoms with van der Waals surface area (Å²) in [5.74, 6) is -0.396. The van der Waals surface area contributed by atoms with E-state index >= 15 is 0 Å². The van der Waals surface area contributed by atoms with Crippen LogP contribution in [0.5, 0.6) is 11.5 Å². The molecule has 7 nitrogen and oxygen atoms in total. The van der Waals surface area contributed by atoms with Crippen LogP contribution < -0.4 is 9.47 Å². The van der Waals surface area contributed by atoms with Crippen molar-refractivity contribution in [3.05, 3.63) is 65.2 Å². The Labute approximate surface area is 194 Å². The van der Waals surface area contributed by atoms with Crippen LogP contribution in [-0.2, 0) is 14.3 Å². The predicted octanol–water partition coefficient (Wildman–Crippen LogP) is 4.33. The van der Waals surface area contributed by atoms with Gasteiger partial charge in [-0.1, -0.05) is 24.3 Å². The molecule has 0 spiro atoms. The highest BCUT2D eigenvalue weighted by Crippen LogP contribution is 2.40. The summed E-state index contributed by atoms with van der Waals surface area (Å²) in [7, 11) is 1.53. The summed E-state index contributed by atoms with van der Waals surface area (Å²) in [6, 6.07) is 13.3. The van der Waals surface area contributed by atoms with Gasteiger partial charge in [-0.3, -0.25) is 9.59 Å². The molecule has 1 fully saturated rings. The van der Waals surface area contributed by atoms with Gasteiger partial charge in [-0.25, -0.2) is 0 Å². The van der Waals surface area contributed by atoms with Crippen molar-refractivity contribution in [3.8, 4) is 11.5 Å². The first-order valence-electron chi connectivity index (χ1n) is 11.0. The number of rotatable bonds is 9. The third-order valence-electron chi connectivity index (χ3n) is 5.12. The van der Waals surface area contributed by atoms with E-state index in [4.69, 9.17) is 14.2 Å². The molecule has 1 saturated heterocycles. The highest BCUT2D eigenvalue weighted by molar-refractivity contribution is 6.46. The van der Waals surface area contributed by atoms with Gasteiger partial charge in [0.05, 0.1) is 30.4 Å². The SMILES string of the molecule is COCCN1C(=O)C(=O)/C(=C(\O)c2cccc(OC(C)C)c2)C1c1ccc(OC(C)C)cc1. The molecular weight excluding hydrogens is 422 g/mol. The lowest BCUT2D eigenvalue weighted by molar-refractivity contribution is -0.140. The van der Waals surface area contributed by atoms with Crippen LogP contribution in [0.2, 0.25) is 0 Å². The second-order valence-electron chi connectivity index (χ2n) is 8.42. The van der Waals surface area contributed by atoms with Gasteiger partial charge < -0.3 is 24.2 Å². The van der Waals surface area contributed by atoms with Crippen LogP contribution in [0.1, 0.15) is 44.9 Å². The zero-order valence-corrected chi connectivity index (χ0v) is 19.7. The predicted molar refractivity (Wildman–Crippen MR) is 125 cm³/mol. The smallest absolute Gasteiger partial charge is 0.295 e. The van der Waals surface area contributed by atoms with Crippen LogP contribution in [0.3, 0.4) is 0 Å². The van der Waals surface area contributed by atoms with Gasteiger partial charge in [0.2, 0.25) is 0 Å². The topological polar surface area (TPSA) is 85.3 Å². The third kappa shape index (κ3) is 5.54. The summed E-state index contributed by atoms with van der Waals surface area (Å²) < 4.78 is 16.6. The molecule has 7 heteroatoms. The molecule has 0 aromatic heterocycles. The Kier molecular flexibility index (Phi) is 7.76. The maximum atomic E-state index is 13.0. The van der Waals surface area contributed by atoms with Gasteiger partial charge in [-0.2, -0.15) is 0 Å². The minimum Gasteiger partial charge on any atom is -0.507 e. The van der Waals surface area contributed by atoms with E-state index in [9.17, 15) is 14.7 Å². The average Bonchev–Trinajstić information content (AvgIpc) is 3.02. The molecule has 2 aromatic carbocycles. The molecule has 2 aromatic rings. The summed E-state index contributed by atoms with van der Waals surface area (Å²) in [6.07, 6.45) is -0.0304. The van der Waals surface area contributed by atoms with E-state index in [0.717, 1.165) is 0 Å². The van der Waals surface area contributed by atoms with Crippen molar-refractivity contribution in [3.63, 3.8) is 0 Å². The van der Waals surface area contributed by atoms with Gasteiger partial charge in [-0.15, -0.1) is 0 Å². The first-order valence-corrected chi connectivity index (χ1v) is 11.0. The Morgan fingerprint density at radius 1 is 0.970 bits per heavy atom. The van der Waals surface area contributed by atoms with E-state index in [1.54, 1.807) is 48.5 Å². The van der Waals surface area contributed by atoms with Crippen molar-refractivity contribution in [1.82, 2.24) is 4.90 Å². The van der Waals surface area contributed by atoms with Gasteiger partial charge in [0, 0.05) is 19.2 Å². The lowest BCUT2D eigenvalue weighted by atomic mass is 9.95. The molecule has 3 rings (SSSR count). The summed E-state index contributed by atoms with van der Waals surface area (Å²) in [6.45, 7) is 8.15. The largest absolute Gasteiger partial charge is 0.507 e. The molecule has 1 unspecified atom stereocenters. The van der Waals surface area contributed by atoms with Crippen molar-refractivity contribution in [2.45, 2.75) is 45.9 Å². The Bertz CT molecular complexity index is 1030. The fourth-order valence-electron chi connectivity index (χ4n) is 3.79. The van der Waals surface area contributed by atoms with Gasteiger partial charge in [0.1, 0.15) is 17.3 Å². The van der Waals surface area contributed by atoms with Gasteiger partial charge in [0.25, 0.3) is 11.7 Å². The molecule has 176 valence electrons. The quantitative estimate of drug-likeness (QED) is 0.346. The number of carbonyl (C=O) groups excluding carboxylic acids is 2. The number of nitrogens with zero attached hydrogens (tertiary/aromatic N) is 1. The van der Waals surface area contributed by atoms with Gasteiger partial charge in [0.15, 0.2) is 0 Å². The van der Waals surface area contributed by atoms with E-state index in [0.29, 0.717) is 22.6 Å². The number of aliphatic hydroxyl groups excluding tert-OH is 1. The molecule has 0 saturated carbocycles. The molecule has 0 bridgehead atoms. The van der Waals surface area contributed by atoms with E-state index in [2.05, 4.69) is 0 Å². The number of amides is 1. The number of ketones is 1. The fourth-order valence-corrected chi connectivity index (χ4v) is 3.79. The molecule has 1 aliphatic heterocycles. The number of benzene rings is 2. The zero-order chi connectivity index (χ0) is 24.1. The molecule has 33 heavy (non-hydrogen) atoms. The van der Waals surface area contributed by atoms with Crippen LogP contribution in [0.15, 0.2) is 54.1 Å². The molecule has 1 N–H and O–H groups in total. The number of methoxy groups -OCH3 is 1. The first kappa shape index (κ1) is 24.3. The van der Waals surface area contributed by atoms with Crippen molar-refractivity contribution in [2.75, 3.05) is 20.3 Å². The molecular formula is C26H31NO6. The number of aliphatic hydroxyl groups is 1. The average molecular weight is 454 g/mol. The third-order valence-corrected chi connectivity index (χ3v) is 5.12. The number of hydrogen-bond donors (Lipinski definition) is 1. The summed E-state index contributed by atoms with van der Waals surface area (Å²) in [5, 5.41) is 11.2. The number of hydrogen-bond acceptors (Lipinski definition) is 6. The molecule has 1 aliphatic rings. The lowest BCUT2D eigenvalue weighted by Gasteiger charge is -2.25.